The largest absolute Gasteiger partial charge is 0.393 e. The molecule has 0 bridgehead atoms. The lowest BCUT2D eigenvalue weighted by molar-refractivity contribution is -0.273. The van der Waals surface area contributed by atoms with Crippen molar-refractivity contribution in [3.63, 3.8) is 0 Å². The minimum absolute atomic E-state index is 0.0389. The van der Waals surface area contributed by atoms with Gasteiger partial charge in [-0.1, -0.05) is 27.7 Å². The van der Waals surface area contributed by atoms with Crippen molar-refractivity contribution in [2.75, 3.05) is 6.61 Å². The van der Waals surface area contributed by atoms with E-state index < -0.39 is 0 Å². The maximum absolute atomic E-state index is 10.3. The van der Waals surface area contributed by atoms with E-state index in [4.69, 9.17) is 9.47 Å². The van der Waals surface area contributed by atoms with Crippen LogP contribution < -0.4 is 0 Å². The molecule has 4 aliphatic carbocycles. The maximum atomic E-state index is 10.3. The van der Waals surface area contributed by atoms with Gasteiger partial charge in [0.05, 0.1) is 18.8 Å². The SMILES string of the molecule is C[C@@H]1CC[C@]2(OC1)O[C@H]1C[C@@H]3[C@H]4CC[C@@H]5C[C@H](O)CC[C@@]5(C)[C@@H]4CC[C@]3(C)[C@H]1[C@@H]2C. The van der Waals surface area contributed by atoms with Crippen LogP contribution in [0.4, 0.5) is 0 Å². The van der Waals surface area contributed by atoms with Crippen LogP contribution in [0, 0.1) is 52.3 Å². The summed E-state index contributed by atoms with van der Waals surface area (Å²) in [5, 5.41) is 10.3. The van der Waals surface area contributed by atoms with E-state index in [1.165, 1.54) is 44.9 Å². The Hall–Kier alpha value is -0.120. The standard InChI is InChI=1S/C27H44O3/c1-16-7-12-27(29-15-16)17(2)24-23(30-27)14-22-20-6-5-18-13-19(28)8-10-25(18,3)21(20)9-11-26(22,24)4/h16-24,28H,5-15H2,1-4H3/t16-,17+,18-,19-,20+,21-,22-,23+,24+,25-,26+,27+/m1/s1. The molecule has 6 aliphatic rings. The molecule has 2 heterocycles. The van der Waals surface area contributed by atoms with E-state index in [1.807, 2.05) is 0 Å². The Bertz CT molecular complexity index is 684. The Balaban J connectivity index is 1.26. The highest BCUT2D eigenvalue weighted by atomic mass is 16.7. The minimum atomic E-state index is -0.282. The zero-order chi connectivity index (χ0) is 20.9. The fraction of sp³-hybridized carbons (Fsp3) is 1.00. The van der Waals surface area contributed by atoms with Crippen LogP contribution >= 0.6 is 0 Å². The summed E-state index contributed by atoms with van der Waals surface area (Å²) in [6.45, 7) is 10.9. The smallest absolute Gasteiger partial charge is 0.171 e. The van der Waals surface area contributed by atoms with E-state index in [0.29, 0.717) is 34.7 Å². The lowest BCUT2D eigenvalue weighted by Crippen LogP contribution is -2.55. The van der Waals surface area contributed by atoms with Gasteiger partial charge in [0, 0.05) is 12.3 Å². The van der Waals surface area contributed by atoms with Gasteiger partial charge in [-0.3, -0.25) is 0 Å². The first-order valence-electron chi connectivity index (χ1n) is 13.3. The molecule has 0 amide bonds. The second kappa shape index (κ2) is 6.70. The monoisotopic (exact) mass is 416 g/mol. The molecule has 6 fully saturated rings. The van der Waals surface area contributed by atoms with Gasteiger partial charge in [-0.25, -0.2) is 0 Å². The summed E-state index contributed by atoms with van der Waals surface area (Å²) in [7, 11) is 0. The summed E-state index contributed by atoms with van der Waals surface area (Å²) in [6.07, 6.45) is 12.9. The summed E-state index contributed by atoms with van der Waals surface area (Å²) in [5.41, 5.74) is 0.899. The van der Waals surface area contributed by atoms with Gasteiger partial charge in [0.15, 0.2) is 5.79 Å². The van der Waals surface area contributed by atoms with Crippen LogP contribution in [0.2, 0.25) is 0 Å². The van der Waals surface area contributed by atoms with Crippen LogP contribution in [0.1, 0.15) is 91.9 Å². The van der Waals surface area contributed by atoms with Crippen molar-refractivity contribution in [3.05, 3.63) is 0 Å². The Morgan fingerprint density at radius 3 is 2.40 bits per heavy atom. The van der Waals surface area contributed by atoms with Crippen LogP contribution in [0.15, 0.2) is 0 Å². The number of rotatable bonds is 0. The molecule has 2 aliphatic heterocycles. The molecule has 170 valence electrons. The van der Waals surface area contributed by atoms with Gasteiger partial charge in [-0.05, 0) is 104 Å². The summed E-state index contributed by atoms with van der Waals surface area (Å²) in [4.78, 5) is 0. The van der Waals surface area contributed by atoms with Crippen molar-refractivity contribution in [2.24, 2.45) is 52.3 Å². The highest BCUT2D eigenvalue weighted by molar-refractivity contribution is 5.15. The second-order valence-electron chi connectivity index (χ2n) is 13.1. The maximum Gasteiger partial charge on any atom is 0.171 e. The van der Waals surface area contributed by atoms with Crippen molar-refractivity contribution < 1.29 is 14.6 Å². The highest BCUT2D eigenvalue weighted by Gasteiger charge is 2.69. The summed E-state index contributed by atoms with van der Waals surface area (Å²) < 4.78 is 13.4. The van der Waals surface area contributed by atoms with Crippen LogP contribution in [-0.4, -0.2) is 29.7 Å². The molecule has 0 aromatic heterocycles. The van der Waals surface area contributed by atoms with E-state index >= 15 is 0 Å². The van der Waals surface area contributed by atoms with E-state index in [2.05, 4.69) is 27.7 Å². The van der Waals surface area contributed by atoms with Crippen molar-refractivity contribution in [1.29, 1.82) is 0 Å². The fourth-order valence-electron chi connectivity index (χ4n) is 10.3. The molecule has 3 heteroatoms. The van der Waals surface area contributed by atoms with Crippen molar-refractivity contribution in [3.8, 4) is 0 Å². The van der Waals surface area contributed by atoms with Gasteiger partial charge >= 0.3 is 0 Å². The molecule has 3 nitrogen and oxygen atoms in total. The number of hydrogen-bond acceptors (Lipinski definition) is 3. The summed E-state index contributed by atoms with van der Waals surface area (Å²) in [5.74, 6) is 4.93. The Morgan fingerprint density at radius 1 is 0.833 bits per heavy atom. The average molecular weight is 417 g/mol. The van der Waals surface area contributed by atoms with Crippen LogP contribution in [0.3, 0.4) is 0 Å². The number of fused-ring (bicyclic) bond motifs is 7. The van der Waals surface area contributed by atoms with Crippen LogP contribution in [0.25, 0.3) is 0 Å². The first-order chi connectivity index (χ1) is 14.3. The van der Waals surface area contributed by atoms with Gasteiger partial charge in [0.1, 0.15) is 0 Å². The Kier molecular flexibility index (Phi) is 4.58. The van der Waals surface area contributed by atoms with E-state index in [1.54, 1.807) is 0 Å². The van der Waals surface area contributed by atoms with E-state index in [0.717, 1.165) is 49.5 Å². The normalized spacial score (nSPS) is 62.5. The molecule has 0 radical (unpaired) electrons. The quantitative estimate of drug-likeness (QED) is 0.543. The third-order valence-corrected chi connectivity index (χ3v) is 11.9. The molecular weight excluding hydrogens is 372 g/mol. The average Bonchev–Trinajstić information content (AvgIpc) is 3.16. The number of aliphatic hydroxyl groups is 1. The van der Waals surface area contributed by atoms with E-state index in [-0.39, 0.29) is 11.9 Å². The van der Waals surface area contributed by atoms with Crippen molar-refractivity contribution in [1.82, 2.24) is 0 Å². The topological polar surface area (TPSA) is 38.7 Å². The van der Waals surface area contributed by atoms with Crippen molar-refractivity contribution in [2.45, 2.75) is 110 Å². The molecule has 6 rings (SSSR count). The number of hydrogen-bond donors (Lipinski definition) is 1. The zero-order valence-electron chi connectivity index (χ0n) is 19.7. The number of ether oxygens (including phenoxy) is 2. The molecule has 0 aromatic rings. The van der Waals surface area contributed by atoms with Gasteiger partial charge < -0.3 is 14.6 Å². The van der Waals surface area contributed by atoms with Crippen molar-refractivity contribution >= 4 is 0 Å². The molecule has 0 unspecified atom stereocenters. The molecule has 0 aromatic carbocycles. The Labute approximate surface area is 183 Å². The fourth-order valence-corrected chi connectivity index (χ4v) is 10.3. The third kappa shape index (κ3) is 2.61. The zero-order valence-corrected chi connectivity index (χ0v) is 19.7. The first-order valence-corrected chi connectivity index (χ1v) is 13.3. The lowest BCUT2D eigenvalue weighted by Gasteiger charge is -2.61. The second-order valence-corrected chi connectivity index (χ2v) is 13.1. The lowest BCUT2D eigenvalue weighted by atomic mass is 9.44. The molecule has 4 saturated carbocycles. The molecule has 1 N–H and O–H groups in total. The molecular formula is C27H44O3. The molecule has 30 heavy (non-hydrogen) atoms. The van der Waals surface area contributed by atoms with Gasteiger partial charge in [0.2, 0.25) is 0 Å². The summed E-state index contributed by atoms with van der Waals surface area (Å²) >= 11 is 0. The third-order valence-electron chi connectivity index (χ3n) is 11.9. The predicted octanol–water partition coefficient (Wildman–Crippen LogP) is 5.79. The highest BCUT2D eigenvalue weighted by Crippen LogP contribution is 2.71. The molecule has 2 saturated heterocycles. The number of aliphatic hydroxyl groups excluding tert-OH is 1. The molecule has 1 spiro atoms. The minimum Gasteiger partial charge on any atom is -0.393 e. The van der Waals surface area contributed by atoms with Crippen LogP contribution in [-0.2, 0) is 9.47 Å². The van der Waals surface area contributed by atoms with Gasteiger partial charge in [0.25, 0.3) is 0 Å². The summed E-state index contributed by atoms with van der Waals surface area (Å²) in [6, 6.07) is 0. The molecule has 12 atom stereocenters. The van der Waals surface area contributed by atoms with E-state index in [9.17, 15) is 5.11 Å². The predicted molar refractivity (Wildman–Crippen MR) is 118 cm³/mol. The first kappa shape index (κ1) is 20.5. The van der Waals surface area contributed by atoms with Crippen LogP contribution in [0.5, 0.6) is 0 Å². The van der Waals surface area contributed by atoms with Gasteiger partial charge in [-0.15, -0.1) is 0 Å². The van der Waals surface area contributed by atoms with Gasteiger partial charge in [-0.2, -0.15) is 0 Å². The Morgan fingerprint density at radius 2 is 1.63 bits per heavy atom.